The molecule has 0 bridgehead atoms. The second-order valence-corrected chi connectivity index (χ2v) is 4.79. The number of hydrogen-bond acceptors (Lipinski definition) is 2. The van der Waals surface area contributed by atoms with E-state index in [0.29, 0.717) is 12.1 Å². The van der Waals surface area contributed by atoms with Crippen molar-refractivity contribution in [3.05, 3.63) is 12.2 Å². The highest BCUT2D eigenvalue weighted by Crippen LogP contribution is 2.21. The largest absolute Gasteiger partial charge is 0.311 e. The molecule has 2 nitrogen and oxygen atoms in total. The molecule has 0 radical (unpaired) electrons. The van der Waals surface area contributed by atoms with Gasteiger partial charge >= 0.3 is 0 Å². The van der Waals surface area contributed by atoms with Gasteiger partial charge in [-0.25, -0.2) is 0 Å². The summed E-state index contributed by atoms with van der Waals surface area (Å²) in [5.41, 5.74) is 0. The Morgan fingerprint density at radius 2 is 2.14 bits per heavy atom. The van der Waals surface area contributed by atoms with Crippen LogP contribution < -0.4 is 5.32 Å². The lowest BCUT2D eigenvalue weighted by atomic mass is 9.97. The fraction of sp³-hybridized carbons (Fsp3) is 0.833. The average molecular weight is 194 g/mol. The first kappa shape index (κ1) is 10.2. The van der Waals surface area contributed by atoms with E-state index in [-0.39, 0.29) is 0 Å². The van der Waals surface area contributed by atoms with Gasteiger partial charge in [0.2, 0.25) is 0 Å². The summed E-state index contributed by atoms with van der Waals surface area (Å²) in [7, 11) is 0. The molecule has 0 amide bonds. The van der Waals surface area contributed by atoms with Crippen LogP contribution in [0.1, 0.15) is 33.1 Å². The summed E-state index contributed by atoms with van der Waals surface area (Å²) < 4.78 is 0. The van der Waals surface area contributed by atoms with Crippen LogP contribution in [0.3, 0.4) is 0 Å². The minimum Gasteiger partial charge on any atom is -0.311 e. The Balaban J connectivity index is 1.96. The molecular formula is C12H22N2. The smallest absolute Gasteiger partial charge is 0.0196 e. The molecule has 1 fully saturated rings. The SMILES string of the molecule is CC1CN(C2CC=CCC2)C(C)CN1. The molecule has 1 saturated heterocycles. The second-order valence-electron chi connectivity index (χ2n) is 4.79. The molecule has 0 aromatic carbocycles. The lowest BCUT2D eigenvalue weighted by Crippen LogP contribution is -2.57. The number of rotatable bonds is 1. The Morgan fingerprint density at radius 1 is 1.29 bits per heavy atom. The van der Waals surface area contributed by atoms with Crippen LogP contribution in [-0.2, 0) is 0 Å². The maximum atomic E-state index is 3.54. The Morgan fingerprint density at radius 3 is 2.86 bits per heavy atom. The molecule has 0 aromatic heterocycles. The predicted molar refractivity (Wildman–Crippen MR) is 60.4 cm³/mol. The highest BCUT2D eigenvalue weighted by molar-refractivity contribution is 4.96. The Bertz CT molecular complexity index is 212. The summed E-state index contributed by atoms with van der Waals surface area (Å²) in [6, 6.07) is 2.18. The van der Waals surface area contributed by atoms with E-state index >= 15 is 0 Å². The molecule has 14 heavy (non-hydrogen) atoms. The second kappa shape index (κ2) is 4.45. The number of hydrogen-bond donors (Lipinski definition) is 1. The maximum Gasteiger partial charge on any atom is 0.0196 e. The van der Waals surface area contributed by atoms with Gasteiger partial charge in [0.1, 0.15) is 0 Å². The van der Waals surface area contributed by atoms with Crippen LogP contribution in [0.5, 0.6) is 0 Å². The van der Waals surface area contributed by atoms with Crippen LogP contribution in [0, 0.1) is 0 Å². The summed E-state index contributed by atoms with van der Waals surface area (Å²) in [5, 5.41) is 3.54. The minimum atomic E-state index is 0.664. The third-order valence-electron chi connectivity index (χ3n) is 3.52. The lowest BCUT2D eigenvalue weighted by Gasteiger charge is -2.43. The molecule has 3 atom stereocenters. The van der Waals surface area contributed by atoms with Gasteiger partial charge in [0.25, 0.3) is 0 Å². The molecule has 0 aromatic rings. The fourth-order valence-electron chi connectivity index (χ4n) is 2.64. The van der Waals surface area contributed by atoms with Crippen LogP contribution >= 0.6 is 0 Å². The highest BCUT2D eigenvalue weighted by Gasteiger charge is 2.28. The topological polar surface area (TPSA) is 15.3 Å². The monoisotopic (exact) mass is 194 g/mol. The molecular weight excluding hydrogens is 172 g/mol. The van der Waals surface area contributed by atoms with Crippen LogP contribution in [0.15, 0.2) is 12.2 Å². The van der Waals surface area contributed by atoms with Crippen molar-refractivity contribution in [2.24, 2.45) is 0 Å². The van der Waals surface area contributed by atoms with E-state index in [1.54, 1.807) is 0 Å². The van der Waals surface area contributed by atoms with Crippen molar-refractivity contribution in [3.63, 3.8) is 0 Å². The van der Waals surface area contributed by atoms with Gasteiger partial charge in [-0.15, -0.1) is 0 Å². The third-order valence-corrected chi connectivity index (χ3v) is 3.52. The summed E-state index contributed by atoms with van der Waals surface area (Å²) in [6.45, 7) is 7.01. The van der Waals surface area contributed by atoms with Crippen molar-refractivity contribution >= 4 is 0 Å². The molecule has 1 aliphatic carbocycles. The molecule has 1 aliphatic heterocycles. The standard InChI is InChI=1S/C12H22N2/c1-10-9-14(11(2)8-13-10)12-6-4-3-5-7-12/h3-4,10-13H,5-9H2,1-2H3. The molecule has 2 heteroatoms. The van der Waals surface area contributed by atoms with E-state index in [2.05, 4.69) is 36.2 Å². The third kappa shape index (κ3) is 2.18. The first-order valence-corrected chi connectivity index (χ1v) is 5.91. The molecule has 0 saturated carbocycles. The average Bonchev–Trinajstić information content (AvgIpc) is 2.23. The molecule has 0 spiro atoms. The van der Waals surface area contributed by atoms with Crippen molar-refractivity contribution < 1.29 is 0 Å². The zero-order valence-corrected chi connectivity index (χ0v) is 9.37. The summed E-state index contributed by atoms with van der Waals surface area (Å²) in [5.74, 6) is 0. The van der Waals surface area contributed by atoms with E-state index in [9.17, 15) is 0 Å². The number of piperazine rings is 1. The highest BCUT2D eigenvalue weighted by atomic mass is 15.2. The quantitative estimate of drug-likeness (QED) is 0.640. The van der Waals surface area contributed by atoms with Crippen molar-refractivity contribution in [1.29, 1.82) is 0 Å². The van der Waals surface area contributed by atoms with E-state index in [1.807, 2.05) is 0 Å². The maximum absolute atomic E-state index is 3.54. The van der Waals surface area contributed by atoms with Crippen molar-refractivity contribution in [3.8, 4) is 0 Å². The van der Waals surface area contributed by atoms with Gasteiger partial charge in [0.05, 0.1) is 0 Å². The Labute approximate surface area is 87.4 Å². The van der Waals surface area contributed by atoms with Crippen molar-refractivity contribution in [1.82, 2.24) is 10.2 Å². The molecule has 1 heterocycles. The van der Waals surface area contributed by atoms with Gasteiger partial charge in [0, 0.05) is 31.2 Å². The molecule has 3 unspecified atom stereocenters. The van der Waals surface area contributed by atoms with E-state index < -0.39 is 0 Å². The van der Waals surface area contributed by atoms with Crippen molar-refractivity contribution in [2.75, 3.05) is 13.1 Å². The number of allylic oxidation sites excluding steroid dienone is 1. The summed E-state index contributed by atoms with van der Waals surface area (Å²) in [4.78, 5) is 2.70. The van der Waals surface area contributed by atoms with Crippen LogP contribution in [0.4, 0.5) is 0 Å². The van der Waals surface area contributed by atoms with Crippen LogP contribution in [0.25, 0.3) is 0 Å². The minimum absolute atomic E-state index is 0.664. The van der Waals surface area contributed by atoms with Gasteiger partial charge < -0.3 is 5.32 Å². The first-order chi connectivity index (χ1) is 6.77. The number of nitrogens with zero attached hydrogens (tertiary/aromatic N) is 1. The van der Waals surface area contributed by atoms with Crippen molar-refractivity contribution in [2.45, 2.75) is 51.2 Å². The predicted octanol–water partition coefficient (Wildman–Crippen LogP) is 1.78. The molecule has 2 aliphatic rings. The van der Waals surface area contributed by atoms with E-state index in [4.69, 9.17) is 0 Å². The molecule has 80 valence electrons. The van der Waals surface area contributed by atoms with Gasteiger partial charge in [-0.05, 0) is 33.1 Å². The Hall–Kier alpha value is -0.340. The lowest BCUT2D eigenvalue weighted by molar-refractivity contribution is 0.0894. The summed E-state index contributed by atoms with van der Waals surface area (Å²) in [6.07, 6.45) is 8.57. The van der Waals surface area contributed by atoms with E-state index in [1.165, 1.54) is 25.8 Å². The zero-order valence-electron chi connectivity index (χ0n) is 9.37. The number of nitrogens with one attached hydrogen (secondary N) is 1. The van der Waals surface area contributed by atoms with Gasteiger partial charge in [-0.1, -0.05) is 12.2 Å². The normalized spacial score (nSPS) is 40.0. The fourth-order valence-corrected chi connectivity index (χ4v) is 2.64. The van der Waals surface area contributed by atoms with Gasteiger partial charge in [0.15, 0.2) is 0 Å². The van der Waals surface area contributed by atoms with Crippen LogP contribution in [-0.4, -0.2) is 36.1 Å². The first-order valence-electron chi connectivity index (χ1n) is 5.91. The zero-order chi connectivity index (χ0) is 9.97. The van der Waals surface area contributed by atoms with E-state index in [0.717, 1.165) is 12.6 Å². The molecule has 2 rings (SSSR count). The van der Waals surface area contributed by atoms with Crippen LogP contribution in [0.2, 0.25) is 0 Å². The van der Waals surface area contributed by atoms with Gasteiger partial charge in [-0.2, -0.15) is 0 Å². The Kier molecular flexibility index (Phi) is 3.24. The summed E-state index contributed by atoms with van der Waals surface area (Å²) >= 11 is 0. The van der Waals surface area contributed by atoms with Gasteiger partial charge in [-0.3, -0.25) is 4.90 Å². The molecule has 1 N–H and O–H groups in total.